The number of aromatic amines is 2. The third-order valence-electron chi connectivity index (χ3n) is 4.29. The fourth-order valence-electron chi connectivity index (χ4n) is 3.09. The third kappa shape index (κ3) is 2.98. The average molecular weight is 339 g/mol. The summed E-state index contributed by atoms with van der Waals surface area (Å²) in [5.41, 5.74) is 2.69. The molecule has 0 amide bonds. The van der Waals surface area contributed by atoms with Crippen LogP contribution >= 0.6 is 12.2 Å². The van der Waals surface area contributed by atoms with E-state index in [1.165, 1.54) is 0 Å². The van der Waals surface area contributed by atoms with Crippen molar-refractivity contribution in [2.75, 3.05) is 6.54 Å². The van der Waals surface area contributed by atoms with Crippen molar-refractivity contribution in [3.8, 4) is 11.3 Å². The van der Waals surface area contributed by atoms with E-state index in [4.69, 9.17) is 16.6 Å². The molecule has 2 aromatic heterocycles. The number of H-pyrrole nitrogens is 2. The molecular formula is C18H17N3O2S. The smallest absolute Gasteiger partial charge is 0.256 e. The van der Waals surface area contributed by atoms with Crippen molar-refractivity contribution in [1.29, 1.82) is 0 Å². The molecule has 0 radical (unpaired) electrons. The van der Waals surface area contributed by atoms with Crippen LogP contribution in [0.15, 0.2) is 51.7 Å². The van der Waals surface area contributed by atoms with Gasteiger partial charge in [0.2, 0.25) is 0 Å². The zero-order chi connectivity index (χ0) is 16.5. The summed E-state index contributed by atoms with van der Waals surface area (Å²) in [6.45, 7) is 2.14. The Kier molecular flexibility index (Phi) is 3.92. The van der Waals surface area contributed by atoms with Crippen molar-refractivity contribution in [3.05, 3.63) is 74.6 Å². The van der Waals surface area contributed by atoms with Gasteiger partial charge in [-0.3, -0.25) is 14.7 Å². The number of hydrogen-bond acceptors (Lipinski definition) is 4. The lowest BCUT2D eigenvalue weighted by molar-refractivity contribution is 0.223. The molecule has 1 aliphatic rings. The molecule has 122 valence electrons. The highest BCUT2D eigenvalue weighted by molar-refractivity contribution is 7.71. The second-order valence-corrected chi connectivity index (χ2v) is 6.37. The van der Waals surface area contributed by atoms with E-state index in [1.54, 1.807) is 0 Å². The highest BCUT2D eigenvalue weighted by Crippen LogP contribution is 2.23. The van der Waals surface area contributed by atoms with Gasteiger partial charge in [-0.1, -0.05) is 30.3 Å². The lowest BCUT2D eigenvalue weighted by Crippen LogP contribution is -2.35. The molecule has 0 unspecified atom stereocenters. The Morgan fingerprint density at radius 2 is 1.96 bits per heavy atom. The number of fused-ring (bicyclic) bond motifs is 1. The van der Waals surface area contributed by atoms with Crippen molar-refractivity contribution in [1.82, 2.24) is 14.9 Å². The van der Waals surface area contributed by atoms with Gasteiger partial charge in [-0.25, -0.2) is 0 Å². The summed E-state index contributed by atoms with van der Waals surface area (Å²) >= 11 is 5.03. The minimum Gasteiger partial charge on any atom is -0.460 e. The predicted octanol–water partition coefficient (Wildman–Crippen LogP) is 3.25. The van der Waals surface area contributed by atoms with Crippen LogP contribution in [0.4, 0.5) is 0 Å². The number of nitrogens with one attached hydrogen (secondary N) is 2. The normalized spacial score (nSPS) is 14.5. The Morgan fingerprint density at radius 3 is 2.79 bits per heavy atom. The van der Waals surface area contributed by atoms with Crippen LogP contribution in [0, 0.1) is 4.77 Å². The standard InChI is InChI=1S/C18H17N3O2S/c22-17-14-11-21(9-8-15(14)19-18(24)20-17)10-13-6-7-16(23-13)12-4-2-1-3-5-12/h1-7H,8-11H2,(H2,19,20,22,24). The molecular weight excluding hydrogens is 322 g/mol. The second-order valence-electron chi connectivity index (χ2n) is 5.96. The molecule has 0 spiro atoms. The molecule has 0 saturated carbocycles. The van der Waals surface area contributed by atoms with Crippen LogP contribution in [-0.4, -0.2) is 21.4 Å². The average Bonchev–Trinajstić information content (AvgIpc) is 3.05. The van der Waals surface area contributed by atoms with Crippen LogP contribution in [0.5, 0.6) is 0 Å². The number of benzene rings is 1. The van der Waals surface area contributed by atoms with Crippen LogP contribution in [0.2, 0.25) is 0 Å². The minimum atomic E-state index is -0.0946. The summed E-state index contributed by atoms with van der Waals surface area (Å²) in [5.74, 6) is 1.77. The van der Waals surface area contributed by atoms with Crippen molar-refractivity contribution in [3.63, 3.8) is 0 Å². The fourth-order valence-corrected chi connectivity index (χ4v) is 3.30. The molecule has 2 N–H and O–H groups in total. The summed E-state index contributed by atoms with van der Waals surface area (Å²) in [5, 5.41) is 0. The lowest BCUT2D eigenvalue weighted by atomic mass is 10.1. The first-order chi connectivity index (χ1) is 11.7. The van der Waals surface area contributed by atoms with Crippen LogP contribution in [0.25, 0.3) is 11.3 Å². The topological polar surface area (TPSA) is 65.0 Å². The summed E-state index contributed by atoms with van der Waals surface area (Å²) in [4.78, 5) is 20.0. The van der Waals surface area contributed by atoms with Crippen molar-refractivity contribution < 1.29 is 4.42 Å². The molecule has 24 heavy (non-hydrogen) atoms. The SMILES string of the molecule is O=c1[nH]c(=S)[nH]c2c1CN(Cc1ccc(-c3ccccc3)o1)CC2. The van der Waals surface area contributed by atoms with E-state index < -0.39 is 0 Å². The molecule has 3 heterocycles. The van der Waals surface area contributed by atoms with Gasteiger partial charge < -0.3 is 9.40 Å². The van der Waals surface area contributed by atoms with Gasteiger partial charge in [-0.2, -0.15) is 0 Å². The van der Waals surface area contributed by atoms with E-state index in [0.29, 0.717) is 17.9 Å². The maximum Gasteiger partial charge on any atom is 0.256 e. The van der Waals surface area contributed by atoms with Gasteiger partial charge in [0, 0.05) is 30.8 Å². The number of hydrogen-bond donors (Lipinski definition) is 2. The first-order valence-electron chi connectivity index (χ1n) is 7.90. The molecule has 6 heteroatoms. The maximum absolute atomic E-state index is 12.1. The van der Waals surface area contributed by atoms with E-state index in [-0.39, 0.29) is 5.56 Å². The van der Waals surface area contributed by atoms with Crippen molar-refractivity contribution >= 4 is 12.2 Å². The number of aromatic nitrogens is 2. The fraction of sp³-hybridized carbons (Fsp3) is 0.222. The van der Waals surface area contributed by atoms with Crippen molar-refractivity contribution in [2.45, 2.75) is 19.5 Å². The van der Waals surface area contributed by atoms with Crippen LogP contribution in [-0.2, 0) is 19.5 Å². The van der Waals surface area contributed by atoms with E-state index in [2.05, 4.69) is 14.9 Å². The van der Waals surface area contributed by atoms with E-state index >= 15 is 0 Å². The largest absolute Gasteiger partial charge is 0.460 e. The van der Waals surface area contributed by atoms with Crippen LogP contribution in [0.3, 0.4) is 0 Å². The molecule has 1 aromatic carbocycles. The minimum absolute atomic E-state index is 0.0946. The Balaban J connectivity index is 1.52. The molecule has 0 aliphatic carbocycles. The van der Waals surface area contributed by atoms with Gasteiger partial charge in [-0.05, 0) is 24.4 Å². The summed E-state index contributed by atoms with van der Waals surface area (Å²) in [7, 11) is 0. The molecule has 5 nitrogen and oxygen atoms in total. The lowest BCUT2D eigenvalue weighted by Gasteiger charge is -2.26. The van der Waals surface area contributed by atoms with Gasteiger partial charge in [-0.15, -0.1) is 0 Å². The highest BCUT2D eigenvalue weighted by atomic mass is 32.1. The molecule has 0 saturated heterocycles. The number of nitrogens with zero attached hydrogens (tertiary/aromatic N) is 1. The van der Waals surface area contributed by atoms with Gasteiger partial charge >= 0.3 is 0 Å². The molecule has 1 aliphatic heterocycles. The van der Waals surface area contributed by atoms with E-state index in [1.807, 2.05) is 42.5 Å². The van der Waals surface area contributed by atoms with Crippen molar-refractivity contribution in [2.24, 2.45) is 0 Å². The zero-order valence-electron chi connectivity index (χ0n) is 13.0. The molecule has 0 atom stereocenters. The van der Waals surface area contributed by atoms with Gasteiger partial charge in [0.25, 0.3) is 5.56 Å². The molecule has 0 fully saturated rings. The quantitative estimate of drug-likeness (QED) is 0.719. The molecule has 0 bridgehead atoms. The monoisotopic (exact) mass is 339 g/mol. The Labute approximate surface area is 144 Å². The van der Waals surface area contributed by atoms with Crippen LogP contribution < -0.4 is 5.56 Å². The second kappa shape index (κ2) is 6.22. The van der Waals surface area contributed by atoms with Gasteiger partial charge in [0.05, 0.1) is 12.1 Å². The van der Waals surface area contributed by atoms with E-state index in [0.717, 1.165) is 41.3 Å². The number of furan rings is 1. The van der Waals surface area contributed by atoms with Gasteiger partial charge in [0.15, 0.2) is 4.77 Å². The summed E-state index contributed by atoms with van der Waals surface area (Å²) in [6.07, 6.45) is 0.787. The first kappa shape index (κ1) is 15.1. The van der Waals surface area contributed by atoms with E-state index in [9.17, 15) is 4.79 Å². The maximum atomic E-state index is 12.1. The summed E-state index contributed by atoms with van der Waals surface area (Å²) in [6, 6.07) is 14.0. The Bertz CT molecular complexity index is 972. The summed E-state index contributed by atoms with van der Waals surface area (Å²) < 4.78 is 6.35. The van der Waals surface area contributed by atoms with Crippen LogP contribution in [0.1, 0.15) is 17.0 Å². The molecule has 3 aromatic rings. The van der Waals surface area contributed by atoms with Gasteiger partial charge in [0.1, 0.15) is 11.5 Å². The highest BCUT2D eigenvalue weighted by Gasteiger charge is 2.20. The molecule has 4 rings (SSSR count). The zero-order valence-corrected chi connectivity index (χ0v) is 13.9. The third-order valence-corrected chi connectivity index (χ3v) is 4.49. The number of rotatable bonds is 3. The Hall–Kier alpha value is -2.44. The predicted molar refractivity (Wildman–Crippen MR) is 94.2 cm³/mol. The Morgan fingerprint density at radius 1 is 1.12 bits per heavy atom. The first-order valence-corrected chi connectivity index (χ1v) is 8.31.